The number of carbonyl (C=O) groups excluding carboxylic acids is 2. The Balaban J connectivity index is 2.00. The lowest BCUT2D eigenvalue weighted by molar-refractivity contribution is -0.113. The Morgan fingerprint density at radius 3 is 2.03 bits per heavy atom. The van der Waals surface area contributed by atoms with Crippen molar-refractivity contribution in [1.82, 2.24) is 5.32 Å². The van der Waals surface area contributed by atoms with Crippen LogP contribution in [0.2, 0.25) is 0 Å². The van der Waals surface area contributed by atoms with Crippen LogP contribution >= 0.6 is 11.8 Å². The van der Waals surface area contributed by atoms with Crippen molar-refractivity contribution in [3.8, 4) is 17.2 Å². The quantitative estimate of drug-likeness (QED) is 0.338. The maximum Gasteiger partial charge on any atom is 0.272 e. The molecule has 0 atom stereocenters. The van der Waals surface area contributed by atoms with Gasteiger partial charge in [0.05, 0.1) is 21.3 Å². The summed E-state index contributed by atoms with van der Waals surface area (Å²) in [5.74, 6) is 0.472. The molecular formula is C26H26N2O5S. The van der Waals surface area contributed by atoms with E-state index in [2.05, 4.69) is 10.6 Å². The van der Waals surface area contributed by atoms with Gasteiger partial charge in [0.25, 0.3) is 11.8 Å². The van der Waals surface area contributed by atoms with Crippen molar-refractivity contribution in [3.05, 3.63) is 83.6 Å². The van der Waals surface area contributed by atoms with E-state index in [1.807, 2.05) is 24.5 Å². The Labute approximate surface area is 203 Å². The number of nitrogens with one attached hydrogen (secondary N) is 2. The molecule has 176 valence electrons. The predicted octanol–water partition coefficient (Wildman–Crippen LogP) is 4.84. The summed E-state index contributed by atoms with van der Waals surface area (Å²) in [6, 6.07) is 19.4. The van der Waals surface area contributed by atoms with E-state index in [-0.39, 0.29) is 5.70 Å². The summed E-state index contributed by atoms with van der Waals surface area (Å²) in [4.78, 5) is 27.1. The van der Waals surface area contributed by atoms with Gasteiger partial charge in [0.15, 0.2) is 11.5 Å². The second-order valence-corrected chi connectivity index (χ2v) is 7.89. The fourth-order valence-electron chi connectivity index (χ4n) is 3.14. The maximum atomic E-state index is 13.2. The van der Waals surface area contributed by atoms with E-state index in [9.17, 15) is 9.59 Å². The van der Waals surface area contributed by atoms with Gasteiger partial charge in [0.2, 0.25) is 0 Å². The van der Waals surface area contributed by atoms with Crippen molar-refractivity contribution in [1.29, 1.82) is 0 Å². The molecule has 3 rings (SSSR count). The first-order valence-electron chi connectivity index (χ1n) is 10.3. The third-order valence-corrected chi connectivity index (χ3v) is 5.66. The number of hydrogen-bond donors (Lipinski definition) is 2. The maximum absolute atomic E-state index is 13.2. The summed E-state index contributed by atoms with van der Waals surface area (Å²) in [5, 5.41) is 5.55. The Bertz CT molecular complexity index is 1180. The van der Waals surface area contributed by atoms with E-state index >= 15 is 0 Å². The van der Waals surface area contributed by atoms with Crippen LogP contribution < -0.4 is 24.8 Å². The number of thioether (sulfide) groups is 1. The van der Waals surface area contributed by atoms with E-state index in [1.54, 1.807) is 60.3 Å². The Morgan fingerprint density at radius 2 is 1.44 bits per heavy atom. The normalized spacial score (nSPS) is 10.9. The lowest BCUT2D eigenvalue weighted by atomic mass is 10.1. The van der Waals surface area contributed by atoms with E-state index in [0.29, 0.717) is 34.1 Å². The molecule has 0 fully saturated rings. The molecule has 0 aliphatic rings. The third-order valence-electron chi connectivity index (χ3n) is 4.91. The molecule has 34 heavy (non-hydrogen) atoms. The molecule has 2 amide bonds. The molecule has 0 saturated heterocycles. The van der Waals surface area contributed by atoms with Crippen LogP contribution in [0.25, 0.3) is 6.08 Å². The molecule has 3 aromatic carbocycles. The van der Waals surface area contributed by atoms with Crippen molar-refractivity contribution < 1.29 is 23.8 Å². The summed E-state index contributed by atoms with van der Waals surface area (Å²) in [7, 11) is 4.54. The minimum Gasteiger partial charge on any atom is -0.496 e. The molecule has 0 saturated carbocycles. The van der Waals surface area contributed by atoms with Crippen LogP contribution in [0, 0.1) is 0 Å². The minimum absolute atomic E-state index is 0.0355. The van der Waals surface area contributed by atoms with Gasteiger partial charge in [0.1, 0.15) is 11.4 Å². The van der Waals surface area contributed by atoms with Crippen molar-refractivity contribution in [2.75, 3.05) is 32.9 Å². The van der Waals surface area contributed by atoms with Crippen molar-refractivity contribution in [2.45, 2.75) is 4.90 Å². The number of methoxy groups -OCH3 is 3. The van der Waals surface area contributed by atoms with E-state index in [1.165, 1.54) is 27.4 Å². The zero-order valence-electron chi connectivity index (χ0n) is 19.4. The molecule has 2 N–H and O–H groups in total. The average molecular weight is 479 g/mol. The lowest BCUT2D eigenvalue weighted by Crippen LogP contribution is -2.30. The lowest BCUT2D eigenvalue weighted by Gasteiger charge is -2.15. The zero-order valence-corrected chi connectivity index (χ0v) is 20.2. The monoisotopic (exact) mass is 478 g/mol. The topological polar surface area (TPSA) is 85.9 Å². The molecule has 0 aliphatic carbocycles. The van der Waals surface area contributed by atoms with E-state index < -0.39 is 11.8 Å². The smallest absolute Gasteiger partial charge is 0.272 e. The molecule has 8 heteroatoms. The number of amides is 2. The SMILES string of the molecule is COc1cc(OC)c(OC)cc1/C=C(\NC(=O)c1ccccc1)C(=O)Nc1ccc(SC)cc1. The highest BCUT2D eigenvalue weighted by atomic mass is 32.2. The van der Waals surface area contributed by atoms with Crippen molar-refractivity contribution in [3.63, 3.8) is 0 Å². The number of hydrogen-bond acceptors (Lipinski definition) is 6. The molecular weight excluding hydrogens is 452 g/mol. The summed E-state index contributed by atoms with van der Waals surface area (Å²) < 4.78 is 16.2. The van der Waals surface area contributed by atoms with Gasteiger partial charge in [-0.05, 0) is 54.8 Å². The van der Waals surface area contributed by atoms with Gasteiger partial charge >= 0.3 is 0 Å². The highest BCUT2D eigenvalue weighted by Gasteiger charge is 2.18. The Kier molecular flexibility index (Phi) is 8.59. The molecule has 0 aromatic heterocycles. The van der Waals surface area contributed by atoms with Crippen LogP contribution in [0.1, 0.15) is 15.9 Å². The van der Waals surface area contributed by atoms with Gasteiger partial charge in [-0.1, -0.05) is 18.2 Å². The highest BCUT2D eigenvalue weighted by Crippen LogP contribution is 2.35. The van der Waals surface area contributed by atoms with Crippen LogP contribution in [-0.2, 0) is 4.79 Å². The summed E-state index contributed by atoms with van der Waals surface area (Å²) in [5.41, 5.74) is 1.58. The van der Waals surface area contributed by atoms with Crippen LogP contribution in [0.15, 0.2) is 77.3 Å². The van der Waals surface area contributed by atoms with Gasteiger partial charge in [-0.2, -0.15) is 0 Å². The predicted molar refractivity (Wildman–Crippen MR) is 135 cm³/mol. The first-order chi connectivity index (χ1) is 16.5. The molecule has 0 radical (unpaired) electrons. The molecule has 3 aromatic rings. The number of carbonyl (C=O) groups is 2. The van der Waals surface area contributed by atoms with Gasteiger partial charge in [-0.3, -0.25) is 9.59 Å². The Morgan fingerprint density at radius 1 is 0.824 bits per heavy atom. The van der Waals surface area contributed by atoms with E-state index in [0.717, 1.165) is 4.90 Å². The fraction of sp³-hybridized carbons (Fsp3) is 0.154. The number of benzene rings is 3. The van der Waals surface area contributed by atoms with Crippen molar-refractivity contribution >= 4 is 35.3 Å². The van der Waals surface area contributed by atoms with Gasteiger partial charge < -0.3 is 24.8 Å². The zero-order chi connectivity index (χ0) is 24.5. The van der Waals surface area contributed by atoms with E-state index in [4.69, 9.17) is 14.2 Å². The summed E-state index contributed by atoms with van der Waals surface area (Å²) >= 11 is 1.60. The van der Waals surface area contributed by atoms with Gasteiger partial charge in [0, 0.05) is 27.8 Å². The highest BCUT2D eigenvalue weighted by molar-refractivity contribution is 7.98. The molecule has 0 heterocycles. The van der Waals surface area contributed by atoms with Gasteiger partial charge in [-0.15, -0.1) is 11.8 Å². The largest absolute Gasteiger partial charge is 0.496 e. The van der Waals surface area contributed by atoms with Crippen molar-refractivity contribution in [2.24, 2.45) is 0 Å². The van der Waals surface area contributed by atoms with Crippen LogP contribution in [0.4, 0.5) is 5.69 Å². The number of anilines is 1. The van der Waals surface area contributed by atoms with Crippen LogP contribution in [0.5, 0.6) is 17.2 Å². The number of rotatable bonds is 9. The molecule has 0 bridgehead atoms. The van der Waals surface area contributed by atoms with Gasteiger partial charge in [-0.25, -0.2) is 0 Å². The third kappa shape index (κ3) is 6.11. The number of ether oxygens (including phenoxy) is 3. The standard InChI is InChI=1S/C26H26N2O5S/c1-31-22-16-24(33-3)23(32-2)15-18(22)14-21(28-25(29)17-8-6-5-7-9-17)26(30)27-19-10-12-20(34-4)13-11-19/h5-16H,1-4H3,(H,27,30)(H,28,29)/b21-14-. The molecule has 7 nitrogen and oxygen atoms in total. The molecule has 0 unspecified atom stereocenters. The first-order valence-corrected chi connectivity index (χ1v) is 11.5. The average Bonchev–Trinajstić information content (AvgIpc) is 2.88. The Hall–Kier alpha value is -3.91. The van der Waals surface area contributed by atoms with Crippen LogP contribution in [0.3, 0.4) is 0 Å². The van der Waals surface area contributed by atoms with Crippen LogP contribution in [-0.4, -0.2) is 39.4 Å². The molecule has 0 aliphatic heterocycles. The second kappa shape index (κ2) is 11.8. The summed E-state index contributed by atoms with van der Waals surface area (Å²) in [6.07, 6.45) is 3.51. The first kappa shape index (κ1) is 24.7. The second-order valence-electron chi connectivity index (χ2n) is 7.01. The fourth-order valence-corrected chi connectivity index (χ4v) is 3.54. The molecule has 0 spiro atoms. The minimum atomic E-state index is -0.488. The summed E-state index contributed by atoms with van der Waals surface area (Å²) in [6.45, 7) is 0.